The minimum absolute atomic E-state index is 0.0612. The van der Waals surface area contributed by atoms with Crippen molar-refractivity contribution in [1.29, 1.82) is 0 Å². The number of hydrogen-bond donors (Lipinski definition) is 2. The summed E-state index contributed by atoms with van der Waals surface area (Å²) in [5, 5.41) is 13.3. The van der Waals surface area contributed by atoms with Gasteiger partial charge in [0, 0.05) is 35.9 Å². The number of hydrogen-bond acceptors (Lipinski definition) is 4. The third kappa shape index (κ3) is 3.54. The third-order valence-electron chi connectivity index (χ3n) is 2.76. The Kier molecular flexibility index (Phi) is 4.16. The summed E-state index contributed by atoms with van der Waals surface area (Å²) in [7, 11) is 0. The van der Waals surface area contributed by atoms with E-state index in [1.54, 1.807) is 13.1 Å². The summed E-state index contributed by atoms with van der Waals surface area (Å²) < 4.78 is 1.88. The van der Waals surface area contributed by atoms with Crippen molar-refractivity contribution in [3.8, 4) is 0 Å². The van der Waals surface area contributed by atoms with Crippen molar-refractivity contribution in [3.05, 3.63) is 23.5 Å². The van der Waals surface area contributed by atoms with Gasteiger partial charge in [-0.05, 0) is 13.3 Å². The van der Waals surface area contributed by atoms with Crippen LogP contribution in [0.4, 0.5) is 0 Å². The lowest BCUT2D eigenvalue weighted by Crippen LogP contribution is -2.34. The molecule has 102 valence electrons. The van der Waals surface area contributed by atoms with E-state index in [-0.39, 0.29) is 24.8 Å². The quantitative estimate of drug-likeness (QED) is 0.836. The first kappa shape index (κ1) is 13.5. The maximum Gasteiger partial charge on any atom is 0.303 e. The van der Waals surface area contributed by atoms with E-state index < -0.39 is 5.97 Å². The molecule has 7 heteroatoms. The average molecular weight is 281 g/mol. The molecule has 2 rings (SSSR count). The summed E-state index contributed by atoms with van der Waals surface area (Å²) in [6, 6.07) is -0.138. The van der Waals surface area contributed by atoms with Crippen LogP contribution in [-0.4, -0.2) is 32.4 Å². The molecule has 1 amide bonds. The zero-order chi connectivity index (χ0) is 13.8. The number of amides is 1. The minimum atomic E-state index is -0.848. The second-order valence-corrected chi connectivity index (χ2v) is 5.22. The van der Waals surface area contributed by atoms with Crippen LogP contribution in [0.15, 0.2) is 17.8 Å². The Hall–Kier alpha value is -1.89. The van der Waals surface area contributed by atoms with Gasteiger partial charge in [-0.1, -0.05) is 0 Å². The first-order valence-corrected chi connectivity index (χ1v) is 6.85. The van der Waals surface area contributed by atoms with Gasteiger partial charge in [-0.2, -0.15) is 0 Å². The molecule has 0 aromatic carbocycles. The fourth-order valence-corrected chi connectivity index (χ4v) is 2.65. The van der Waals surface area contributed by atoms with Crippen LogP contribution in [0.25, 0.3) is 4.96 Å². The third-order valence-corrected chi connectivity index (χ3v) is 3.66. The molecule has 0 aliphatic carbocycles. The molecular weight excluding hydrogens is 266 g/mol. The number of thiazole rings is 1. The smallest absolute Gasteiger partial charge is 0.303 e. The topological polar surface area (TPSA) is 83.7 Å². The minimum Gasteiger partial charge on any atom is -0.481 e. The molecule has 2 aromatic heterocycles. The van der Waals surface area contributed by atoms with Crippen molar-refractivity contribution < 1.29 is 14.7 Å². The van der Waals surface area contributed by atoms with Crippen molar-refractivity contribution in [2.24, 2.45) is 0 Å². The molecule has 6 nitrogen and oxygen atoms in total. The van der Waals surface area contributed by atoms with Crippen LogP contribution in [0.3, 0.4) is 0 Å². The molecule has 0 spiro atoms. The maximum atomic E-state index is 11.8. The molecule has 2 heterocycles. The summed E-state index contributed by atoms with van der Waals surface area (Å²) >= 11 is 1.49. The number of aromatic nitrogens is 2. The van der Waals surface area contributed by atoms with E-state index in [0.29, 0.717) is 6.42 Å². The number of carbonyl (C=O) groups is 2. The number of imidazole rings is 1. The molecule has 1 atom stereocenters. The Morgan fingerprint density at radius 3 is 3.11 bits per heavy atom. The predicted molar refractivity (Wildman–Crippen MR) is 71.2 cm³/mol. The second kappa shape index (κ2) is 5.83. The summed E-state index contributed by atoms with van der Waals surface area (Å²) in [6.45, 7) is 1.81. The highest BCUT2D eigenvalue weighted by atomic mass is 32.1. The first-order chi connectivity index (χ1) is 9.06. The number of carboxylic acids is 1. The second-order valence-electron chi connectivity index (χ2n) is 4.38. The highest BCUT2D eigenvalue weighted by Gasteiger charge is 2.12. The Balaban J connectivity index is 1.87. The van der Waals surface area contributed by atoms with E-state index in [4.69, 9.17) is 5.11 Å². The number of fused-ring (bicyclic) bond motifs is 1. The number of carboxylic acid groups (broad SMARTS) is 1. The van der Waals surface area contributed by atoms with E-state index in [0.717, 1.165) is 10.7 Å². The van der Waals surface area contributed by atoms with E-state index >= 15 is 0 Å². The van der Waals surface area contributed by atoms with Crippen LogP contribution in [0, 0.1) is 0 Å². The maximum absolute atomic E-state index is 11.8. The lowest BCUT2D eigenvalue weighted by atomic mass is 10.2. The molecule has 1 unspecified atom stereocenters. The number of rotatable bonds is 6. The number of aliphatic carboxylic acids is 1. The van der Waals surface area contributed by atoms with Crippen molar-refractivity contribution >= 4 is 28.2 Å². The summed E-state index contributed by atoms with van der Waals surface area (Å²) in [5.41, 5.74) is 0.889. The summed E-state index contributed by atoms with van der Waals surface area (Å²) in [5.74, 6) is -0.953. The molecule has 2 aromatic rings. The zero-order valence-corrected chi connectivity index (χ0v) is 11.3. The molecule has 0 aliphatic heterocycles. The normalized spacial score (nSPS) is 12.5. The molecule has 0 bridgehead atoms. The van der Waals surface area contributed by atoms with Crippen LogP contribution < -0.4 is 5.32 Å². The molecule has 2 N–H and O–H groups in total. The van der Waals surface area contributed by atoms with Gasteiger partial charge >= 0.3 is 5.97 Å². The fourth-order valence-electron chi connectivity index (χ4n) is 1.80. The van der Waals surface area contributed by atoms with Crippen molar-refractivity contribution in [3.63, 3.8) is 0 Å². The van der Waals surface area contributed by atoms with Crippen LogP contribution >= 0.6 is 11.3 Å². The van der Waals surface area contributed by atoms with Gasteiger partial charge in [0.25, 0.3) is 0 Å². The summed E-state index contributed by atoms with van der Waals surface area (Å²) in [6.07, 6.45) is 4.29. The fraction of sp³-hybridized carbons (Fsp3) is 0.417. The van der Waals surface area contributed by atoms with E-state index in [2.05, 4.69) is 10.3 Å². The van der Waals surface area contributed by atoms with Crippen LogP contribution in [0.2, 0.25) is 0 Å². The van der Waals surface area contributed by atoms with Gasteiger partial charge in [0.1, 0.15) is 0 Å². The van der Waals surface area contributed by atoms with Crippen molar-refractivity contribution in [2.45, 2.75) is 32.2 Å². The molecular formula is C12H15N3O3S. The lowest BCUT2D eigenvalue weighted by Gasteiger charge is -2.12. The lowest BCUT2D eigenvalue weighted by molar-refractivity contribution is -0.137. The highest BCUT2D eigenvalue weighted by Crippen LogP contribution is 2.14. The molecule has 0 saturated carbocycles. The van der Waals surface area contributed by atoms with Crippen LogP contribution in [-0.2, 0) is 16.0 Å². The molecule has 19 heavy (non-hydrogen) atoms. The SMILES string of the molecule is CC(CCC(=O)O)NC(=O)Cc1csc2nccn12. The molecule has 0 fully saturated rings. The zero-order valence-electron chi connectivity index (χ0n) is 10.5. The number of nitrogens with one attached hydrogen (secondary N) is 1. The Bertz CT molecular complexity index is 590. The average Bonchev–Trinajstić information content (AvgIpc) is 2.91. The first-order valence-electron chi connectivity index (χ1n) is 5.97. The number of nitrogens with zero attached hydrogens (tertiary/aromatic N) is 2. The molecule has 0 aliphatic rings. The van der Waals surface area contributed by atoms with E-state index in [1.807, 2.05) is 16.0 Å². The van der Waals surface area contributed by atoms with Crippen LogP contribution in [0.1, 0.15) is 25.5 Å². The number of carbonyl (C=O) groups excluding carboxylic acids is 1. The van der Waals surface area contributed by atoms with Crippen molar-refractivity contribution in [2.75, 3.05) is 0 Å². The molecule has 0 saturated heterocycles. The molecule has 0 radical (unpaired) electrons. The predicted octanol–water partition coefficient (Wildman–Crippen LogP) is 1.31. The monoisotopic (exact) mass is 281 g/mol. The van der Waals surface area contributed by atoms with Crippen LogP contribution in [0.5, 0.6) is 0 Å². The van der Waals surface area contributed by atoms with E-state index in [9.17, 15) is 9.59 Å². The van der Waals surface area contributed by atoms with Gasteiger partial charge in [0.2, 0.25) is 5.91 Å². The van der Waals surface area contributed by atoms with Crippen molar-refractivity contribution in [1.82, 2.24) is 14.7 Å². The Labute approximate surface area is 114 Å². The summed E-state index contributed by atoms with van der Waals surface area (Å²) in [4.78, 5) is 27.3. The van der Waals surface area contributed by atoms with Gasteiger partial charge in [-0.15, -0.1) is 11.3 Å². The van der Waals surface area contributed by atoms with Gasteiger partial charge in [0.15, 0.2) is 4.96 Å². The largest absolute Gasteiger partial charge is 0.481 e. The standard InChI is InChI=1S/C12H15N3O3S/c1-8(2-3-11(17)18)14-10(16)6-9-7-19-12-13-4-5-15(9)12/h4-5,7-8H,2-3,6H2,1H3,(H,14,16)(H,17,18). The Morgan fingerprint density at radius 1 is 1.58 bits per heavy atom. The van der Waals surface area contributed by atoms with Gasteiger partial charge in [-0.3, -0.25) is 14.0 Å². The Morgan fingerprint density at radius 2 is 2.37 bits per heavy atom. The van der Waals surface area contributed by atoms with Gasteiger partial charge in [0.05, 0.1) is 6.42 Å². The van der Waals surface area contributed by atoms with Gasteiger partial charge < -0.3 is 10.4 Å². The highest BCUT2D eigenvalue weighted by molar-refractivity contribution is 7.15. The van der Waals surface area contributed by atoms with E-state index in [1.165, 1.54) is 11.3 Å². The van der Waals surface area contributed by atoms with Gasteiger partial charge in [-0.25, -0.2) is 4.98 Å².